The number of amides is 1. The van der Waals surface area contributed by atoms with Gasteiger partial charge in [-0.25, -0.2) is 9.97 Å². The van der Waals surface area contributed by atoms with Gasteiger partial charge >= 0.3 is 0 Å². The predicted molar refractivity (Wildman–Crippen MR) is 103 cm³/mol. The molecule has 0 unspecified atom stereocenters. The predicted octanol–water partition coefficient (Wildman–Crippen LogP) is 3.69. The number of thioether (sulfide) groups is 1. The van der Waals surface area contributed by atoms with Crippen LogP contribution < -0.4 is 14.8 Å². The number of para-hydroxylation sites is 2. The second kappa shape index (κ2) is 8.05. The Bertz CT molecular complexity index is 946. The molecule has 26 heavy (non-hydrogen) atoms. The molecule has 1 N–H and O–H groups in total. The third kappa shape index (κ3) is 4.05. The van der Waals surface area contributed by atoms with Crippen molar-refractivity contribution in [2.75, 3.05) is 25.3 Å². The molecule has 1 heterocycles. The number of fused-ring (bicyclic) bond motifs is 1. The molecule has 1 aromatic heterocycles. The Kier molecular flexibility index (Phi) is 5.58. The summed E-state index contributed by atoms with van der Waals surface area (Å²) in [6.45, 7) is 1.90. The van der Waals surface area contributed by atoms with Crippen molar-refractivity contribution in [2.45, 2.75) is 11.9 Å². The quantitative estimate of drug-likeness (QED) is 0.668. The third-order valence-corrected chi connectivity index (χ3v) is 4.79. The summed E-state index contributed by atoms with van der Waals surface area (Å²) in [5, 5.41) is 3.60. The van der Waals surface area contributed by atoms with Gasteiger partial charge in [0.05, 0.1) is 42.4 Å². The number of nitrogens with zero attached hydrogens (tertiary/aromatic N) is 2. The smallest absolute Gasteiger partial charge is 0.234 e. The molecule has 0 spiro atoms. The Labute approximate surface area is 155 Å². The first kappa shape index (κ1) is 18.0. The van der Waals surface area contributed by atoms with Gasteiger partial charge in [-0.05, 0) is 31.2 Å². The standard InChI is InChI=1S/C19H19N3O3S/c1-12-19(22-15-7-5-4-6-14(15)20-12)26-11-18(23)21-16-9-8-13(24-2)10-17(16)25-3/h4-10H,11H2,1-3H3,(H,21,23). The van der Waals surface area contributed by atoms with Crippen LogP contribution in [0.3, 0.4) is 0 Å². The maximum Gasteiger partial charge on any atom is 0.234 e. The summed E-state index contributed by atoms with van der Waals surface area (Å²) < 4.78 is 10.5. The lowest BCUT2D eigenvalue weighted by molar-refractivity contribution is -0.113. The van der Waals surface area contributed by atoms with E-state index in [-0.39, 0.29) is 11.7 Å². The number of hydrogen-bond acceptors (Lipinski definition) is 6. The minimum Gasteiger partial charge on any atom is -0.497 e. The number of anilines is 1. The molecular weight excluding hydrogens is 350 g/mol. The molecule has 7 heteroatoms. The number of methoxy groups -OCH3 is 2. The summed E-state index contributed by atoms with van der Waals surface area (Å²) in [7, 11) is 3.13. The molecule has 0 aliphatic rings. The Morgan fingerprint density at radius 3 is 2.50 bits per heavy atom. The zero-order valence-corrected chi connectivity index (χ0v) is 15.6. The molecule has 0 atom stereocenters. The van der Waals surface area contributed by atoms with Crippen molar-refractivity contribution in [3.63, 3.8) is 0 Å². The lowest BCUT2D eigenvalue weighted by Crippen LogP contribution is -2.15. The number of aryl methyl sites for hydroxylation is 1. The lowest BCUT2D eigenvalue weighted by atomic mass is 10.2. The third-order valence-electron chi connectivity index (χ3n) is 3.72. The van der Waals surface area contributed by atoms with E-state index >= 15 is 0 Å². The van der Waals surface area contributed by atoms with Gasteiger partial charge < -0.3 is 14.8 Å². The van der Waals surface area contributed by atoms with Crippen molar-refractivity contribution in [1.29, 1.82) is 0 Å². The van der Waals surface area contributed by atoms with Gasteiger partial charge in [-0.2, -0.15) is 0 Å². The molecule has 0 aliphatic heterocycles. The summed E-state index contributed by atoms with van der Waals surface area (Å²) in [4.78, 5) is 21.4. The van der Waals surface area contributed by atoms with E-state index in [0.717, 1.165) is 21.8 Å². The normalized spacial score (nSPS) is 10.6. The van der Waals surface area contributed by atoms with E-state index in [9.17, 15) is 4.79 Å². The second-order valence-corrected chi connectivity index (χ2v) is 6.47. The molecule has 6 nitrogen and oxygen atoms in total. The number of benzene rings is 2. The zero-order valence-electron chi connectivity index (χ0n) is 14.8. The summed E-state index contributed by atoms with van der Waals surface area (Å²) in [6.07, 6.45) is 0. The number of nitrogens with one attached hydrogen (secondary N) is 1. The Hall–Kier alpha value is -2.80. The highest BCUT2D eigenvalue weighted by Crippen LogP contribution is 2.29. The minimum atomic E-state index is -0.146. The number of rotatable bonds is 6. The molecular formula is C19H19N3O3S. The summed E-state index contributed by atoms with van der Waals surface area (Å²) in [6, 6.07) is 12.9. The minimum absolute atomic E-state index is 0.146. The van der Waals surface area contributed by atoms with Crippen LogP contribution in [0.4, 0.5) is 5.69 Å². The van der Waals surface area contributed by atoms with E-state index in [1.165, 1.54) is 11.8 Å². The lowest BCUT2D eigenvalue weighted by Gasteiger charge is -2.11. The van der Waals surface area contributed by atoms with Crippen LogP contribution in [0, 0.1) is 6.92 Å². The maximum absolute atomic E-state index is 12.3. The van der Waals surface area contributed by atoms with Crippen molar-refractivity contribution >= 4 is 34.4 Å². The fourth-order valence-corrected chi connectivity index (χ4v) is 3.19. The number of aromatic nitrogens is 2. The maximum atomic E-state index is 12.3. The number of hydrogen-bond donors (Lipinski definition) is 1. The Morgan fingerprint density at radius 2 is 1.81 bits per heavy atom. The first-order valence-corrected chi connectivity index (χ1v) is 8.97. The largest absolute Gasteiger partial charge is 0.497 e. The van der Waals surface area contributed by atoms with Crippen molar-refractivity contribution in [1.82, 2.24) is 9.97 Å². The van der Waals surface area contributed by atoms with E-state index in [4.69, 9.17) is 9.47 Å². The number of ether oxygens (including phenoxy) is 2. The molecule has 3 rings (SSSR count). The molecule has 0 saturated heterocycles. The summed E-state index contributed by atoms with van der Waals surface area (Å²) >= 11 is 1.36. The van der Waals surface area contributed by atoms with Gasteiger partial charge in [0.2, 0.25) is 5.91 Å². The van der Waals surface area contributed by atoms with Gasteiger partial charge in [0.1, 0.15) is 16.5 Å². The molecule has 0 aliphatic carbocycles. The zero-order chi connectivity index (χ0) is 18.5. The van der Waals surface area contributed by atoms with E-state index in [0.29, 0.717) is 17.2 Å². The molecule has 134 valence electrons. The van der Waals surface area contributed by atoms with Gasteiger partial charge in [0, 0.05) is 6.07 Å². The van der Waals surface area contributed by atoms with Crippen LogP contribution in [0.2, 0.25) is 0 Å². The second-order valence-electron chi connectivity index (χ2n) is 5.51. The molecule has 0 fully saturated rings. The van der Waals surface area contributed by atoms with Gasteiger partial charge in [0.25, 0.3) is 0 Å². The average Bonchev–Trinajstić information content (AvgIpc) is 2.66. The topological polar surface area (TPSA) is 73.3 Å². The highest BCUT2D eigenvalue weighted by Gasteiger charge is 2.12. The van der Waals surface area contributed by atoms with E-state index in [1.54, 1.807) is 32.4 Å². The van der Waals surface area contributed by atoms with Crippen LogP contribution in [0.25, 0.3) is 11.0 Å². The Balaban J connectivity index is 1.69. The van der Waals surface area contributed by atoms with E-state index in [2.05, 4.69) is 15.3 Å². The van der Waals surface area contributed by atoms with Gasteiger partial charge in [-0.3, -0.25) is 4.79 Å². The molecule has 0 saturated carbocycles. The van der Waals surface area contributed by atoms with Crippen LogP contribution >= 0.6 is 11.8 Å². The van der Waals surface area contributed by atoms with Crippen molar-refractivity contribution in [3.05, 3.63) is 48.2 Å². The number of carbonyl (C=O) groups is 1. The first-order valence-electron chi connectivity index (χ1n) is 7.99. The van der Waals surface area contributed by atoms with Crippen LogP contribution in [0.15, 0.2) is 47.5 Å². The van der Waals surface area contributed by atoms with Crippen molar-refractivity contribution < 1.29 is 14.3 Å². The van der Waals surface area contributed by atoms with Crippen molar-refractivity contribution in [3.8, 4) is 11.5 Å². The van der Waals surface area contributed by atoms with Crippen LogP contribution in [-0.2, 0) is 4.79 Å². The van der Waals surface area contributed by atoms with Gasteiger partial charge in [-0.1, -0.05) is 23.9 Å². The molecule has 0 radical (unpaired) electrons. The van der Waals surface area contributed by atoms with Gasteiger partial charge in [-0.15, -0.1) is 0 Å². The van der Waals surface area contributed by atoms with Crippen molar-refractivity contribution in [2.24, 2.45) is 0 Å². The summed E-state index contributed by atoms with van der Waals surface area (Å²) in [5.41, 5.74) is 3.07. The van der Waals surface area contributed by atoms with E-state index < -0.39 is 0 Å². The fraction of sp³-hybridized carbons (Fsp3) is 0.211. The molecule has 2 aromatic carbocycles. The highest BCUT2D eigenvalue weighted by molar-refractivity contribution is 8.00. The van der Waals surface area contributed by atoms with Crippen LogP contribution in [0.1, 0.15) is 5.69 Å². The van der Waals surface area contributed by atoms with Crippen LogP contribution in [-0.4, -0.2) is 35.8 Å². The van der Waals surface area contributed by atoms with Crippen LogP contribution in [0.5, 0.6) is 11.5 Å². The monoisotopic (exact) mass is 369 g/mol. The highest BCUT2D eigenvalue weighted by atomic mass is 32.2. The Morgan fingerprint density at radius 1 is 1.08 bits per heavy atom. The average molecular weight is 369 g/mol. The number of carbonyl (C=O) groups excluding carboxylic acids is 1. The fourth-order valence-electron chi connectivity index (χ4n) is 2.43. The molecule has 1 amide bonds. The van der Waals surface area contributed by atoms with Gasteiger partial charge in [0.15, 0.2) is 0 Å². The first-order chi connectivity index (χ1) is 12.6. The molecule has 3 aromatic rings. The molecule has 0 bridgehead atoms. The van der Waals surface area contributed by atoms with E-state index in [1.807, 2.05) is 31.2 Å². The summed E-state index contributed by atoms with van der Waals surface area (Å²) in [5.74, 6) is 1.29. The SMILES string of the molecule is COc1ccc(NC(=O)CSc2nc3ccccc3nc2C)c(OC)c1.